The van der Waals surface area contributed by atoms with Crippen LogP contribution in [0.5, 0.6) is 0 Å². The summed E-state index contributed by atoms with van der Waals surface area (Å²) in [6, 6.07) is 0.0381. The summed E-state index contributed by atoms with van der Waals surface area (Å²) in [6.45, 7) is 2.37. The van der Waals surface area contributed by atoms with Gasteiger partial charge in [0.25, 0.3) is 0 Å². The Kier molecular flexibility index (Phi) is 3.88. The van der Waals surface area contributed by atoms with Gasteiger partial charge in [-0.25, -0.2) is 0 Å². The summed E-state index contributed by atoms with van der Waals surface area (Å²) < 4.78 is 11.2. The summed E-state index contributed by atoms with van der Waals surface area (Å²) in [6.07, 6.45) is 5.12. The highest BCUT2D eigenvalue weighted by atomic mass is 32.2. The Morgan fingerprint density at radius 3 is 2.65 bits per heavy atom. The van der Waals surface area contributed by atoms with Crippen molar-refractivity contribution in [2.75, 3.05) is 12.8 Å². The van der Waals surface area contributed by atoms with Gasteiger partial charge < -0.3 is 11.1 Å². The lowest BCUT2D eigenvalue weighted by Gasteiger charge is -2.27. The second kappa shape index (κ2) is 5.06. The van der Waals surface area contributed by atoms with Crippen molar-refractivity contribution in [2.24, 2.45) is 23.5 Å². The normalized spacial score (nSPS) is 39.0. The van der Waals surface area contributed by atoms with Crippen LogP contribution in [0.3, 0.4) is 0 Å². The maximum absolute atomic E-state index is 12.1. The lowest BCUT2D eigenvalue weighted by atomic mass is 9.84. The molecule has 2 fully saturated rings. The molecule has 2 aliphatic carbocycles. The van der Waals surface area contributed by atoms with Gasteiger partial charge in [0, 0.05) is 34.9 Å². The van der Waals surface area contributed by atoms with Gasteiger partial charge in [-0.2, -0.15) is 0 Å². The predicted molar refractivity (Wildman–Crippen MR) is 68.8 cm³/mol. The molecule has 1 amide bonds. The van der Waals surface area contributed by atoms with Gasteiger partial charge in [-0.15, -0.1) is 0 Å². The van der Waals surface area contributed by atoms with Crippen molar-refractivity contribution < 1.29 is 9.00 Å². The third-order valence-corrected chi connectivity index (χ3v) is 5.71. The molecule has 0 aliphatic heterocycles. The molecule has 17 heavy (non-hydrogen) atoms. The summed E-state index contributed by atoms with van der Waals surface area (Å²) in [5.74, 6) is 1.10. The first-order valence-electron chi connectivity index (χ1n) is 6.36. The van der Waals surface area contributed by atoms with Gasteiger partial charge in [0.1, 0.15) is 0 Å². The fraction of sp³-hybridized carbons (Fsp3) is 0.917. The Bertz CT molecular complexity index is 332. The molecule has 2 rings (SSSR count). The molecule has 0 spiro atoms. The molecule has 0 saturated heterocycles. The van der Waals surface area contributed by atoms with Crippen LogP contribution in [0, 0.1) is 17.8 Å². The molecule has 2 saturated carbocycles. The van der Waals surface area contributed by atoms with Crippen molar-refractivity contribution in [1.29, 1.82) is 0 Å². The van der Waals surface area contributed by atoms with E-state index in [2.05, 4.69) is 5.32 Å². The summed E-state index contributed by atoms with van der Waals surface area (Å²) in [5.41, 5.74) is 6.11. The number of hydrogen-bond donors (Lipinski definition) is 2. The highest BCUT2D eigenvalue weighted by Crippen LogP contribution is 2.47. The summed E-state index contributed by atoms with van der Waals surface area (Å²) in [7, 11) is -0.885. The molecule has 0 aromatic rings. The smallest absolute Gasteiger partial charge is 0.225 e. The van der Waals surface area contributed by atoms with Crippen molar-refractivity contribution in [2.45, 2.75) is 37.5 Å². The first-order valence-corrected chi connectivity index (χ1v) is 7.98. The Morgan fingerprint density at radius 2 is 2.12 bits per heavy atom. The van der Waals surface area contributed by atoms with Crippen LogP contribution >= 0.6 is 0 Å². The maximum Gasteiger partial charge on any atom is 0.225 e. The summed E-state index contributed by atoms with van der Waals surface area (Å²) in [5, 5.41) is 2.92. The molecular weight excluding hydrogens is 236 g/mol. The third-order valence-electron chi connectivity index (χ3n) is 4.41. The average Bonchev–Trinajstić information content (AvgIpc) is 2.85. The van der Waals surface area contributed by atoms with Crippen molar-refractivity contribution in [3.63, 3.8) is 0 Å². The van der Waals surface area contributed by atoms with Crippen LogP contribution in [0.15, 0.2) is 0 Å². The molecule has 5 heteroatoms. The number of fused-ring (bicyclic) bond motifs is 2. The highest BCUT2D eigenvalue weighted by molar-refractivity contribution is 7.84. The van der Waals surface area contributed by atoms with Crippen LogP contribution in [0.2, 0.25) is 0 Å². The molecule has 0 radical (unpaired) electrons. The van der Waals surface area contributed by atoms with Gasteiger partial charge in [0.2, 0.25) is 5.91 Å². The molecule has 0 aromatic carbocycles. The molecular formula is C12H22N2O2S. The van der Waals surface area contributed by atoms with E-state index in [1.54, 1.807) is 6.26 Å². The molecule has 2 bridgehead atoms. The van der Waals surface area contributed by atoms with Gasteiger partial charge in [-0.3, -0.25) is 9.00 Å². The third kappa shape index (κ3) is 2.55. The minimum absolute atomic E-state index is 0.00811. The molecule has 4 nitrogen and oxygen atoms in total. The topological polar surface area (TPSA) is 72.2 Å². The Morgan fingerprint density at radius 1 is 1.47 bits per heavy atom. The lowest BCUT2D eigenvalue weighted by Crippen LogP contribution is -2.46. The van der Waals surface area contributed by atoms with Gasteiger partial charge in [-0.05, 0) is 38.0 Å². The zero-order chi connectivity index (χ0) is 12.6. The number of carbonyl (C=O) groups excluding carboxylic acids is 1. The predicted octanol–water partition coefficient (Wildman–Crippen LogP) is 0.243. The molecule has 6 unspecified atom stereocenters. The van der Waals surface area contributed by atoms with E-state index in [4.69, 9.17) is 5.73 Å². The van der Waals surface area contributed by atoms with Crippen molar-refractivity contribution in [1.82, 2.24) is 5.32 Å². The standard InChI is InChI=1S/C12H22N2O2S/c1-7(17(2)16)6-14-12(15)10-8-3-4-9(5-8)11(10)13/h7-11H,3-6,13H2,1-2H3,(H,14,15). The Labute approximate surface area is 105 Å². The summed E-state index contributed by atoms with van der Waals surface area (Å²) in [4.78, 5) is 12.1. The largest absolute Gasteiger partial charge is 0.355 e. The zero-order valence-electron chi connectivity index (χ0n) is 10.5. The number of amides is 1. The van der Waals surface area contributed by atoms with E-state index in [1.165, 1.54) is 6.42 Å². The minimum Gasteiger partial charge on any atom is -0.355 e. The molecule has 98 valence electrons. The van der Waals surface area contributed by atoms with Gasteiger partial charge in [-0.1, -0.05) is 0 Å². The Balaban J connectivity index is 1.86. The highest BCUT2D eigenvalue weighted by Gasteiger charge is 2.48. The van der Waals surface area contributed by atoms with Crippen molar-refractivity contribution >= 4 is 16.7 Å². The fourth-order valence-corrected chi connectivity index (χ4v) is 3.52. The van der Waals surface area contributed by atoms with E-state index < -0.39 is 10.8 Å². The van der Waals surface area contributed by atoms with Crippen LogP contribution in [-0.4, -0.2) is 34.2 Å². The zero-order valence-corrected chi connectivity index (χ0v) is 11.3. The fourth-order valence-electron chi connectivity index (χ4n) is 3.20. The van der Waals surface area contributed by atoms with E-state index in [-0.39, 0.29) is 23.1 Å². The van der Waals surface area contributed by atoms with Crippen molar-refractivity contribution in [3.05, 3.63) is 0 Å². The van der Waals surface area contributed by atoms with Crippen molar-refractivity contribution in [3.8, 4) is 0 Å². The molecule has 0 heterocycles. The number of hydrogen-bond acceptors (Lipinski definition) is 3. The van der Waals surface area contributed by atoms with Crippen LogP contribution in [0.1, 0.15) is 26.2 Å². The number of nitrogens with one attached hydrogen (secondary N) is 1. The van der Waals surface area contributed by atoms with E-state index >= 15 is 0 Å². The van der Waals surface area contributed by atoms with Crippen LogP contribution in [0.25, 0.3) is 0 Å². The average molecular weight is 258 g/mol. The van der Waals surface area contributed by atoms with E-state index in [0.29, 0.717) is 18.4 Å². The number of carbonyl (C=O) groups is 1. The van der Waals surface area contributed by atoms with Gasteiger partial charge >= 0.3 is 0 Å². The first-order chi connectivity index (χ1) is 8.00. The van der Waals surface area contributed by atoms with Gasteiger partial charge in [0.05, 0.1) is 5.92 Å². The van der Waals surface area contributed by atoms with Gasteiger partial charge in [0.15, 0.2) is 0 Å². The Hall–Kier alpha value is -0.420. The number of rotatable bonds is 4. The first kappa shape index (κ1) is 13.0. The molecule has 3 N–H and O–H groups in total. The monoisotopic (exact) mass is 258 g/mol. The van der Waals surface area contributed by atoms with E-state index in [0.717, 1.165) is 12.8 Å². The number of nitrogens with two attached hydrogens (primary N) is 1. The van der Waals surface area contributed by atoms with E-state index in [1.807, 2.05) is 6.92 Å². The molecule has 0 aromatic heterocycles. The SMILES string of the molecule is CC(CNC(=O)C1C2CCC(C2)C1N)S(C)=O. The van der Waals surface area contributed by atoms with E-state index in [9.17, 15) is 9.00 Å². The minimum atomic E-state index is -0.885. The second-order valence-corrected chi connectivity index (χ2v) is 7.29. The van der Waals surface area contributed by atoms with Crippen LogP contribution in [-0.2, 0) is 15.6 Å². The quantitative estimate of drug-likeness (QED) is 0.759. The summed E-state index contributed by atoms with van der Waals surface area (Å²) >= 11 is 0. The van der Waals surface area contributed by atoms with Crippen LogP contribution < -0.4 is 11.1 Å². The maximum atomic E-state index is 12.1. The lowest BCUT2D eigenvalue weighted by molar-refractivity contribution is -0.127. The van der Waals surface area contributed by atoms with Crippen LogP contribution in [0.4, 0.5) is 0 Å². The molecule has 2 aliphatic rings. The second-order valence-electron chi connectivity index (χ2n) is 5.49. The molecule has 6 atom stereocenters.